The van der Waals surface area contributed by atoms with E-state index in [1.165, 1.54) is 16.7 Å². The van der Waals surface area contributed by atoms with Crippen molar-refractivity contribution >= 4 is 0 Å². The van der Waals surface area contributed by atoms with E-state index in [0.29, 0.717) is 12.5 Å². The van der Waals surface area contributed by atoms with Gasteiger partial charge in [-0.3, -0.25) is 0 Å². The zero-order chi connectivity index (χ0) is 15.1. The number of ether oxygens (including phenoxy) is 1. The minimum absolute atomic E-state index is 0.331. The second-order valence-corrected chi connectivity index (χ2v) is 5.55. The first-order valence-corrected chi connectivity index (χ1v) is 7.71. The van der Waals surface area contributed by atoms with Crippen molar-refractivity contribution in [1.29, 1.82) is 0 Å². The van der Waals surface area contributed by atoms with Crippen LogP contribution in [0.1, 0.15) is 36.0 Å². The van der Waals surface area contributed by atoms with Crippen molar-refractivity contribution in [3.63, 3.8) is 0 Å². The van der Waals surface area contributed by atoms with Crippen LogP contribution in [0.25, 0.3) is 0 Å². The van der Waals surface area contributed by atoms with Crippen molar-refractivity contribution in [2.24, 2.45) is 5.73 Å². The summed E-state index contributed by atoms with van der Waals surface area (Å²) in [5.41, 5.74) is 9.89. The van der Waals surface area contributed by atoms with E-state index in [4.69, 9.17) is 10.5 Å². The molecule has 0 aromatic heterocycles. The molecule has 0 fully saturated rings. The Balaban J connectivity index is 2.13. The van der Waals surface area contributed by atoms with E-state index in [1.807, 2.05) is 6.07 Å². The van der Waals surface area contributed by atoms with E-state index in [9.17, 15) is 0 Å². The highest BCUT2D eigenvalue weighted by Gasteiger charge is 2.11. The molecule has 0 heterocycles. The van der Waals surface area contributed by atoms with Crippen molar-refractivity contribution in [2.45, 2.75) is 32.6 Å². The number of benzene rings is 2. The lowest BCUT2D eigenvalue weighted by Gasteiger charge is -2.17. The lowest BCUT2D eigenvalue weighted by Crippen LogP contribution is -2.15. The number of aryl methyl sites for hydroxylation is 1. The van der Waals surface area contributed by atoms with Gasteiger partial charge in [-0.25, -0.2) is 0 Å². The fourth-order valence-corrected chi connectivity index (χ4v) is 2.54. The van der Waals surface area contributed by atoms with Crippen LogP contribution in [0.3, 0.4) is 0 Å². The first kappa shape index (κ1) is 15.6. The quantitative estimate of drug-likeness (QED) is 0.831. The molecule has 0 saturated heterocycles. The number of hydrogen-bond donors (Lipinski definition) is 1. The molecule has 112 valence electrons. The van der Waals surface area contributed by atoms with Crippen molar-refractivity contribution in [3.8, 4) is 5.75 Å². The summed E-state index contributed by atoms with van der Waals surface area (Å²) in [4.78, 5) is 0. The molecule has 0 aliphatic rings. The Labute approximate surface area is 127 Å². The molecule has 0 spiro atoms. The molecule has 2 nitrogen and oxygen atoms in total. The molecule has 0 saturated carbocycles. The SMILES string of the molecule is CCCOc1cccc(C(CN)Cc2cccc(C)c2)c1. The third-order valence-electron chi connectivity index (χ3n) is 3.65. The maximum Gasteiger partial charge on any atom is 0.119 e. The van der Waals surface area contributed by atoms with Gasteiger partial charge in [0.1, 0.15) is 5.75 Å². The molecule has 0 bridgehead atoms. The molecule has 0 aliphatic carbocycles. The molecule has 2 N–H and O–H groups in total. The molecule has 0 aliphatic heterocycles. The lowest BCUT2D eigenvalue weighted by molar-refractivity contribution is 0.317. The average molecular weight is 283 g/mol. The van der Waals surface area contributed by atoms with Crippen LogP contribution in [0.2, 0.25) is 0 Å². The van der Waals surface area contributed by atoms with E-state index in [1.54, 1.807) is 0 Å². The normalized spacial score (nSPS) is 12.1. The van der Waals surface area contributed by atoms with Gasteiger partial charge in [-0.2, -0.15) is 0 Å². The predicted molar refractivity (Wildman–Crippen MR) is 88.9 cm³/mol. The molecule has 2 aromatic carbocycles. The maximum atomic E-state index is 6.00. The van der Waals surface area contributed by atoms with Gasteiger partial charge in [-0.1, -0.05) is 48.9 Å². The Morgan fingerprint density at radius 3 is 2.62 bits per heavy atom. The van der Waals surface area contributed by atoms with Gasteiger partial charge in [0.2, 0.25) is 0 Å². The van der Waals surface area contributed by atoms with Crippen LogP contribution in [0.5, 0.6) is 5.75 Å². The number of hydrogen-bond acceptors (Lipinski definition) is 2. The van der Waals surface area contributed by atoms with Crippen LogP contribution in [0, 0.1) is 6.92 Å². The molecule has 2 aromatic rings. The summed E-state index contributed by atoms with van der Waals surface area (Å²) in [6, 6.07) is 17.0. The fraction of sp³-hybridized carbons (Fsp3) is 0.368. The van der Waals surface area contributed by atoms with Crippen molar-refractivity contribution in [1.82, 2.24) is 0 Å². The summed E-state index contributed by atoms with van der Waals surface area (Å²) in [5, 5.41) is 0. The summed E-state index contributed by atoms with van der Waals surface area (Å²) < 4.78 is 5.72. The average Bonchev–Trinajstić information content (AvgIpc) is 2.51. The Hall–Kier alpha value is -1.80. The number of nitrogens with two attached hydrogens (primary N) is 1. The van der Waals surface area contributed by atoms with Crippen LogP contribution in [0.15, 0.2) is 48.5 Å². The predicted octanol–water partition coefficient (Wildman–Crippen LogP) is 4.07. The largest absolute Gasteiger partial charge is 0.494 e. The van der Waals surface area contributed by atoms with E-state index >= 15 is 0 Å². The van der Waals surface area contributed by atoms with Gasteiger partial charge >= 0.3 is 0 Å². The molecule has 2 rings (SSSR count). The van der Waals surface area contributed by atoms with Gasteiger partial charge in [-0.05, 0) is 49.6 Å². The van der Waals surface area contributed by atoms with E-state index < -0.39 is 0 Å². The Morgan fingerprint density at radius 2 is 1.90 bits per heavy atom. The lowest BCUT2D eigenvalue weighted by atomic mass is 9.91. The monoisotopic (exact) mass is 283 g/mol. The topological polar surface area (TPSA) is 35.2 Å². The van der Waals surface area contributed by atoms with Gasteiger partial charge in [0.15, 0.2) is 0 Å². The highest BCUT2D eigenvalue weighted by atomic mass is 16.5. The minimum Gasteiger partial charge on any atom is -0.494 e. The molecule has 1 atom stereocenters. The zero-order valence-electron chi connectivity index (χ0n) is 13.0. The van der Waals surface area contributed by atoms with E-state index in [2.05, 4.69) is 56.3 Å². The van der Waals surface area contributed by atoms with Crippen LogP contribution in [-0.2, 0) is 6.42 Å². The molecule has 21 heavy (non-hydrogen) atoms. The van der Waals surface area contributed by atoms with Gasteiger partial charge in [0, 0.05) is 5.92 Å². The summed E-state index contributed by atoms with van der Waals surface area (Å²) in [5.74, 6) is 1.27. The van der Waals surface area contributed by atoms with Crippen LogP contribution < -0.4 is 10.5 Å². The summed E-state index contributed by atoms with van der Waals surface area (Å²) in [6.45, 7) is 5.64. The number of rotatable bonds is 7. The summed E-state index contributed by atoms with van der Waals surface area (Å²) in [7, 11) is 0. The van der Waals surface area contributed by atoms with Gasteiger partial charge < -0.3 is 10.5 Å². The third-order valence-corrected chi connectivity index (χ3v) is 3.65. The van der Waals surface area contributed by atoms with Gasteiger partial charge in [-0.15, -0.1) is 0 Å². The minimum atomic E-state index is 0.331. The second-order valence-electron chi connectivity index (χ2n) is 5.55. The zero-order valence-corrected chi connectivity index (χ0v) is 13.0. The van der Waals surface area contributed by atoms with Crippen molar-refractivity contribution < 1.29 is 4.74 Å². The second kappa shape index (κ2) is 7.84. The Bertz CT molecular complexity index is 565. The van der Waals surface area contributed by atoms with Crippen LogP contribution in [-0.4, -0.2) is 13.2 Å². The summed E-state index contributed by atoms with van der Waals surface area (Å²) in [6.07, 6.45) is 1.99. The van der Waals surface area contributed by atoms with Gasteiger partial charge in [0.05, 0.1) is 6.61 Å². The van der Waals surface area contributed by atoms with Crippen LogP contribution in [0.4, 0.5) is 0 Å². The fourth-order valence-electron chi connectivity index (χ4n) is 2.54. The molecular weight excluding hydrogens is 258 g/mol. The summed E-state index contributed by atoms with van der Waals surface area (Å²) >= 11 is 0. The van der Waals surface area contributed by atoms with E-state index in [0.717, 1.165) is 25.2 Å². The Kier molecular flexibility index (Phi) is 5.82. The smallest absolute Gasteiger partial charge is 0.119 e. The third kappa shape index (κ3) is 4.61. The first-order chi connectivity index (χ1) is 10.2. The van der Waals surface area contributed by atoms with Gasteiger partial charge in [0.25, 0.3) is 0 Å². The molecular formula is C19H25NO. The first-order valence-electron chi connectivity index (χ1n) is 7.71. The highest BCUT2D eigenvalue weighted by Crippen LogP contribution is 2.24. The molecule has 0 radical (unpaired) electrons. The molecule has 0 amide bonds. The maximum absolute atomic E-state index is 6.00. The molecule has 2 heteroatoms. The Morgan fingerprint density at radius 1 is 1.10 bits per heavy atom. The highest BCUT2D eigenvalue weighted by molar-refractivity contribution is 5.33. The van der Waals surface area contributed by atoms with Crippen molar-refractivity contribution in [2.75, 3.05) is 13.2 Å². The van der Waals surface area contributed by atoms with Crippen molar-refractivity contribution in [3.05, 3.63) is 65.2 Å². The van der Waals surface area contributed by atoms with Crippen LogP contribution >= 0.6 is 0 Å². The molecule has 1 unspecified atom stereocenters. The van der Waals surface area contributed by atoms with E-state index in [-0.39, 0.29) is 0 Å². The standard InChI is InChI=1S/C19H25NO/c1-3-10-21-19-9-5-8-17(13-19)18(14-20)12-16-7-4-6-15(2)11-16/h4-9,11,13,18H,3,10,12,14,20H2,1-2H3.